The van der Waals surface area contributed by atoms with Gasteiger partial charge in [-0.05, 0) is 79.1 Å². The summed E-state index contributed by atoms with van der Waals surface area (Å²) in [5.41, 5.74) is 4.36. The number of phenols is 1. The molecule has 0 heterocycles. The van der Waals surface area contributed by atoms with Crippen molar-refractivity contribution in [3.63, 3.8) is 0 Å². The van der Waals surface area contributed by atoms with Crippen LogP contribution in [0.3, 0.4) is 0 Å². The first-order valence-corrected chi connectivity index (χ1v) is 15.0. The van der Waals surface area contributed by atoms with E-state index in [9.17, 15) is 31.3 Å². The van der Waals surface area contributed by atoms with Crippen molar-refractivity contribution >= 4 is 16.4 Å². The SMILES string of the molecule is CC(=CC(c1ccc(O)cc1)c1ccc(OCCCCCS(=O)CCCC(F)(F)C(F)(F)F)cc1)c1ccccc1. The number of unbranched alkanes of at least 4 members (excludes halogenated alkanes) is 2. The Morgan fingerprint density at radius 2 is 1.41 bits per heavy atom. The standard InChI is InChI=1S/C32H35F5O3S/c1-24(25-9-4-2-5-10-25)23-30(26-11-15-28(38)16-12-26)27-13-17-29(18-14-27)40-20-6-3-7-21-41(39)22-8-19-31(33,34)32(35,36)37/h2,4-5,9-18,23,30,38H,3,6-8,19-22H2,1H3. The van der Waals surface area contributed by atoms with E-state index in [-0.39, 0.29) is 23.2 Å². The summed E-state index contributed by atoms with van der Waals surface area (Å²) >= 11 is 0. The molecule has 2 unspecified atom stereocenters. The van der Waals surface area contributed by atoms with E-state index in [0.29, 0.717) is 31.6 Å². The Hall–Kier alpha value is -3.20. The Bertz CT molecular complexity index is 1260. The number of rotatable bonds is 15. The van der Waals surface area contributed by atoms with Gasteiger partial charge in [0.05, 0.1) is 6.61 Å². The minimum Gasteiger partial charge on any atom is -0.508 e. The molecule has 0 radical (unpaired) electrons. The molecule has 0 aliphatic heterocycles. The number of phenolic OH excluding ortho intramolecular Hbond substituents is 1. The van der Waals surface area contributed by atoms with Gasteiger partial charge in [-0.1, -0.05) is 60.7 Å². The molecule has 0 fully saturated rings. The molecule has 222 valence electrons. The largest absolute Gasteiger partial charge is 0.508 e. The molecule has 0 saturated heterocycles. The third-order valence-corrected chi connectivity index (χ3v) is 8.19. The van der Waals surface area contributed by atoms with Crippen LogP contribution in [0.5, 0.6) is 11.5 Å². The third-order valence-electron chi connectivity index (χ3n) is 6.70. The first kappa shape index (κ1) is 32.3. The lowest BCUT2D eigenvalue weighted by molar-refractivity contribution is -0.284. The maximum atomic E-state index is 12.9. The molecule has 2 atom stereocenters. The molecule has 3 aromatic rings. The Morgan fingerprint density at radius 1 is 0.829 bits per heavy atom. The number of alkyl halides is 5. The molecule has 0 saturated carbocycles. The molecule has 0 aliphatic rings. The topological polar surface area (TPSA) is 46.5 Å². The van der Waals surface area contributed by atoms with Gasteiger partial charge in [0, 0.05) is 34.6 Å². The molecule has 0 bridgehead atoms. The minimum atomic E-state index is -5.57. The summed E-state index contributed by atoms with van der Waals surface area (Å²) < 4.78 is 80.2. The van der Waals surface area contributed by atoms with Crippen LogP contribution >= 0.6 is 0 Å². The highest BCUT2D eigenvalue weighted by molar-refractivity contribution is 7.84. The van der Waals surface area contributed by atoms with E-state index in [0.717, 1.165) is 22.3 Å². The lowest BCUT2D eigenvalue weighted by atomic mass is 9.88. The maximum Gasteiger partial charge on any atom is 0.453 e. The zero-order valence-corrected chi connectivity index (χ0v) is 23.7. The van der Waals surface area contributed by atoms with Gasteiger partial charge in [-0.15, -0.1) is 0 Å². The normalized spacial score (nSPS) is 14.0. The van der Waals surface area contributed by atoms with Gasteiger partial charge in [0.1, 0.15) is 11.5 Å². The molecule has 0 aliphatic carbocycles. The van der Waals surface area contributed by atoms with Crippen molar-refractivity contribution in [2.75, 3.05) is 18.1 Å². The van der Waals surface area contributed by atoms with Gasteiger partial charge in [0.15, 0.2) is 0 Å². The van der Waals surface area contributed by atoms with Gasteiger partial charge >= 0.3 is 12.1 Å². The summed E-state index contributed by atoms with van der Waals surface area (Å²) in [6.45, 7) is 2.51. The Morgan fingerprint density at radius 3 is 2.02 bits per heavy atom. The Balaban J connectivity index is 1.47. The van der Waals surface area contributed by atoms with Crippen LogP contribution in [0, 0.1) is 0 Å². The molecule has 0 spiro atoms. The van der Waals surface area contributed by atoms with Crippen molar-refractivity contribution in [2.24, 2.45) is 0 Å². The van der Waals surface area contributed by atoms with Gasteiger partial charge in [-0.25, -0.2) is 0 Å². The highest BCUT2D eigenvalue weighted by Crippen LogP contribution is 2.39. The summed E-state index contributed by atoms with van der Waals surface area (Å²) in [6.07, 6.45) is -3.17. The fourth-order valence-electron chi connectivity index (χ4n) is 4.32. The molecular weight excluding hydrogens is 559 g/mol. The molecule has 41 heavy (non-hydrogen) atoms. The second kappa shape index (κ2) is 15.1. The van der Waals surface area contributed by atoms with Crippen LogP contribution in [-0.2, 0) is 10.8 Å². The number of ether oxygens (including phenoxy) is 1. The van der Waals surface area contributed by atoms with E-state index in [4.69, 9.17) is 4.74 Å². The minimum absolute atomic E-state index is 0.0367. The van der Waals surface area contributed by atoms with Crippen LogP contribution in [0.15, 0.2) is 84.9 Å². The first-order chi connectivity index (χ1) is 19.5. The predicted molar refractivity (Wildman–Crippen MR) is 154 cm³/mol. The van der Waals surface area contributed by atoms with Crippen LogP contribution in [-0.4, -0.2) is 39.5 Å². The van der Waals surface area contributed by atoms with E-state index in [2.05, 4.69) is 25.1 Å². The number of benzene rings is 3. The van der Waals surface area contributed by atoms with Gasteiger partial charge in [-0.2, -0.15) is 22.0 Å². The fourth-order valence-corrected chi connectivity index (χ4v) is 5.51. The van der Waals surface area contributed by atoms with Crippen LogP contribution in [0.4, 0.5) is 22.0 Å². The Kier molecular flexibility index (Phi) is 11.9. The summed E-state index contributed by atoms with van der Waals surface area (Å²) in [5, 5.41) is 9.75. The number of hydrogen-bond acceptors (Lipinski definition) is 3. The molecule has 3 rings (SSSR count). The van der Waals surface area contributed by atoms with E-state index in [1.807, 2.05) is 54.6 Å². The third kappa shape index (κ3) is 10.3. The van der Waals surface area contributed by atoms with Crippen molar-refractivity contribution < 1.29 is 36.0 Å². The molecular formula is C32H35F5O3S. The molecule has 0 aromatic heterocycles. The lowest BCUT2D eigenvalue weighted by Gasteiger charge is -2.19. The van der Waals surface area contributed by atoms with E-state index in [1.54, 1.807) is 12.1 Å². The molecule has 0 amide bonds. The van der Waals surface area contributed by atoms with Crippen molar-refractivity contribution in [3.05, 3.63) is 102 Å². The quantitative estimate of drug-likeness (QED) is 0.141. The Labute approximate surface area is 240 Å². The highest BCUT2D eigenvalue weighted by atomic mass is 32.2. The van der Waals surface area contributed by atoms with Gasteiger partial charge in [-0.3, -0.25) is 4.21 Å². The number of hydrogen-bond donors (Lipinski definition) is 1. The first-order valence-electron chi connectivity index (χ1n) is 13.5. The van der Waals surface area contributed by atoms with Crippen LogP contribution in [0.1, 0.15) is 61.6 Å². The van der Waals surface area contributed by atoms with Crippen molar-refractivity contribution in [1.29, 1.82) is 0 Å². The molecule has 3 nitrogen and oxygen atoms in total. The number of allylic oxidation sites excluding steroid dienone is 2. The average molecular weight is 595 g/mol. The summed E-state index contributed by atoms with van der Waals surface area (Å²) in [7, 11) is -1.42. The lowest BCUT2D eigenvalue weighted by Crippen LogP contribution is -2.36. The number of aromatic hydroxyl groups is 1. The van der Waals surface area contributed by atoms with Gasteiger partial charge in [0.2, 0.25) is 0 Å². The zero-order valence-electron chi connectivity index (χ0n) is 22.9. The maximum absolute atomic E-state index is 12.9. The van der Waals surface area contributed by atoms with Crippen LogP contribution < -0.4 is 4.74 Å². The summed E-state index contributed by atoms with van der Waals surface area (Å²) in [5.74, 6) is -3.77. The van der Waals surface area contributed by atoms with E-state index < -0.39 is 35.7 Å². The summed E-state index contributed by atoms with van der Waals surface area (Å²) in [4.78, 5) is 0. The van der Waals surface area contributed by atoms with Gasteiger partial charge < -0.3 is 9.84 Å². The smallest absolute Gasteiger partial charge is 0.453 e. The predicted octanol–water partition coefficient (Wildman–Crippen LogP) is 8.90. The van der Waals surface area contributed by atoms with Crippen molar-refractivity contribution in [3.8, 4) is 11.5 Å². The average Bonchev–Trinajstić information content (AvgIpc) is 2.94. The van der Waals surface area contributed by atoms with Gasteiger partial charge in [0.25, 0.3) is 0 Å². The summed E-state index contributed by atoms with van der Waals surface area (Å²) in [6, 6.07) is 25.1. The zero-order chi connectivity index (χ0) is 29.9. The second-order valence-corrected chi connectivity index (χ2v) is 11.6. The molecule has 3 aromatic carbocycles. The second-order valence-electron chi connectivity index (χ2n) is 9.92. The van der Waals surface area contributed by atoms with Crippen LogP contribution in [0.25, 0.3) is 5.57 Å². The van der Waals surface area contributed by atoms with E-state index in [1.165, 1.54) is 0 Å². The molecule has 9 heteroatoms. The van der Waals surface area contributed by atoms with Crippen molar-refractivity contribution in [1.82, 2.24) is 0 Å². The van der Waals surface area contributed by atoms with Crippen LogP contribution in [0.2, 0.25) is 0 Å². The van der Waals surface area contributed by atoms with Crippen molar-refractivity contribution in [2.45, 2.75) is 57.0 Å². The van der Waals surface area contributed by atoms with E-state index >= 15 is 0 Å². The number of halogens is 5. The fraction of sp³-hybridized carbons (Fsp3) is 0.375. The monoisotopic (exact) mass is 594 g/mol. The molecule has 1 N–H and O–H groups in total. The highest BCUT2D eigenvalue weighted by Gasteiger charge is 2.56.